The van der Waals surface area contributed by atoms with Gasteiger partial charge in [0.25, 0.3) is 0 Å². The maximum absolute atomic E-state index is 12.2. The van der Waals surface area contributed by atoms with Crippen LogP contribution in [-0.4, -0.2) is 24.3 Å². The Balaban J connectivity index is 2.09. The molecule has 2 aliphatic carbocycles. The second-order valence-electron chi connectivity index (χ2n) is 6.96. The van der Waals surface area contributed by atoms with Crippen LogP contribution in [0.2, 0.25) is 5.02 Å². The number of hydrogen-bond acceptors (Lipinski definition) is 3. The zero-order valence-corrected chi connectivity index (χ0v) is 14.9. The van der Waals surface area contributed by atoms with E-state index in [1.807, 2.05) is 0 Å². The lowest BCUT2D eigenvalue weighted by Crippen LogP contribution is -2.38. The minimum atomic E-state index is -0.926. The standard InChI is InChI=1S/C19H25ClO4/c1-23-16-12-13(20)11-15(17(16)24-14-7-3-4-8-14)19(18(21)22)9-5-2-6-10-19/h11-12,14H,2-10H2,1H3,(H,21,22). The lowest BCUT2D eigenvalue weighted by atomic mass is 9.69. The molecule has 0 spiro atoms. The Morgan fingerprint density at radius 1 is 1.17 bits per heavy atom. The molecule has 0 aromatic heterocycles. The van der Waals surface area contributed by atoms with Gasteiger partial charge in [-0.25, -0.2) is 0 Å². The molecule has 3 rings (SSSR count). The molecule has 2 aliphatic rings. The van der Waals surface area contributed by atoms with E-state index in [1.54, 1.807) is 19.2 Å². The fraction of sp³-hybridized carbons (Fsp3) is 0.632. The molecule has 5 heteroatoms. The smallest absolute Gasteiger partial charge is 0.314 e. The number of halogens is 1. The van der Waals surface area contributed by atoms with Gasteiger partial charge in [0, 0.05) is 16.7 Å². The molecule has 1 N–H and O–H groups in total. The highest BCUT2D eigenvalue weighted by Crippen LogP contribution is 2.48. The van der Waals surface area contributed by atoms with E-state index in [2.05, 4.69) is 0 Å². The van der Waals surface area contributed by atoms with Gasteiger partial charge in [-0.05, 0) is 44.6 Å². The summed E-state index contributed by atoms with van der Waals surface area (Å²) in [6.07, 6.45) is 8.57. The molecule has 2 saturated carbocycles. The van der Waals surface area contributed by atoms with Crippen LogP contribution in [0.3, 0.4) is 0 Å². The first-order valence-electron chi connectivity index (χ1n) is 8.85. The first kappa shape index (κ1) is 17.4. The molecule has 1 aromatic rings. The van der Waals surface area contributed by atoms with Crippen LogP contribution in [-0.2, 0) is 10.2 Å². The third kappa shape index (κ3) is 3.21. The van der Waals surface area contributed by atoms with Crippen molar-refractivity contribution in [1.82, 2.24) is 0 Å². The van der Waals surface area contributed by atoms with Gasteiger partial charge in [-0.2, -0.15) is 0 Å². The van der Waals surface area contributed by atoms with E-state index < -0.39 is 11.4 Å². The van der Waals surface area contributed by atoms with Gasteiger partial charge in [0.2, 0.25) is 0 Å². The van der Waals surface area contributed by atoms with E-state index in [4.69, 9.17) is 21.1 Å². The zero-order valence-electron chi connectivity index (χ0n) is 14.1. The van der Waals surface area contributed by atoms with Crippen molar-refractivity contribution >= 4 is 17.6 Å². The van der Waals surface area contributed by atoms with E-state index in [0.717, 1.165) is 44.9 Å². The molecule has 0 radical (unpaired) electrons. The molecule has 0 saturated heterocycles. The molecule has 0 amide bonds. The maximum atomic E-state index is 12.2. The summed E-state index contributed by atoms with van der Waals surface area (Å²) in [6, 6.07) is 3.49. The van der Waals surface area contributed by atoms with Crippen LogP contribution >= 0.6 is 11.6 Å². The lowest BCUT2D eigenvalue weighted by molar-refractivity contribution is -0.145. The summed E-state index contributed by atoms with van der Waals surface area (Å²) in [5.74, 6) is 0.330. The summed E-state index contributed by atoms with van der Waals surface area (Å²) < 4.78 is 11.8. The number of rotatable bonds is 5. The second-order valence-corrected chi connectivity index (χ2v) is 7.39. The molecule has 0 aliphatic heterocycles. The number of benzene rings is 1. The number of ether oxygens (including phenoxy) is 2. The number of methoxy groups -OCH3 is 1. The van der Waals surface area contributed by atoms with Gasteiger partial charge in [-0.3, -0.25) is 4.79 Å². The van der Waals surface area contributed by atoms with Gasteiger partial charge < -0.3 is 14.6 Å². The van der Waals surface area contributed by atoms with Crippen LogP contribution in [0.5, 0.6) is 11.5 Å². The predicted molar refractivity (Wildman–Crippen MR) is 93.3 cm³/mol. The summed E-state index contributed by atoms with van der Waals surface area (Å²) in [4.78, 5) is 12.2. The molecule has 132 valence electrons. The van der Waals surface area contributed by atoms with Gasteiger partial charge in [-0.15, -0.1) is 0 Å². The third-order valence-electron chi connectivity index (χ3n) is 5.46. The first-order chi connectivity index (χ1) is 11.6. The maximum Gasteiger partial charge on any atom is 0.314 e. The van der Waals surface area contributed by atoms with Crippen molar-refractivity contribution in [3.05, 3.63) is 22.7 Å². The van der Waals surface area contributed by atoms with E-state index in [0.29, 0.717) is 34.9 Å². The fourth-order valence-electron chi connectivity index (χ4n) is 4.12. The van der Waals surface area contributed by atoms with Crippen molar-refractivity contribution in [2.75, 3.05) is 7.11 Å². The number of carboxylic acid groups (broad SMARTS) is 1. The Hall–Kier alpha value is -1.42. The second kappa shape index (κ2) is 7.22. The Kier molecular flexibility index (Phi) is 5.24. The van der Waals surface area contributed by atoms with Gasteiger partial charge >= 0.3 is 5.97 Å². The van der Waals surface area contributed by atoms with Crippen molar-refractivity contribution in [2.24, 2.45) is 0 Å². The van der Waals surface area contributed by atoms with Crippen LogP contribution in [0.1, 0.15) is 63.4 Å². The molecule has 0 heterocycles. The topological polar surface area (TPSA) is 55.8 Å². The number of aliphatic carboxylic acids is 1. The van der Waals surface area contributed by atoms with Crippen LogP contribution in [0.4, 0.5) is 0 Å². The Morgan fingerprint density at radius 3 is 2.42 bits per heavy atom. The molecule has 0 unspecified atom stereocenters. The van der Waals surface area contributed by atoms with Crippen molar-refractivity contribution in [3.8, 4) is 11.5 Å². The molecule has 1 aromatic carbocycles. The highest BCUT2D eigenvalue weighted by molar-refractivity contribution is 6.31. The van der Waals surface area contributed by atoms with Gasteiger partial charge in [0.15, 0.2) is 11.5 Å². The largest absolute Gasteiger partial charge is 0.493 e. The summed E-state index contributed by atoms with van der Waals surface area (Å²) in [6.45, 7) is 0. The first-order valence-corrected chi connectivity index (χ1v) is 9.23. The molecule has 4 nitrogen and oxygen atoms in total. The zero-order chi connectivity index (χ0) is 17.2. The highest BCUT2D eigenvalue weighted by atomic mass is 35.5. The summed E-state index contributed by atoms with van der Waals surface area (Å²) in [5.41, 5.74) is -0.240. The van der Waals surface area contributed by atoms with Crippen LogP contribution in [0.25, 0.3) is 0 Å². The quantitative estimate of drug-likeness (QED) is 0.814. The van der Waals surface area contributed by atoms with Crippen LogP contribution < -0.4 is 9.47 Å². The SMILES string of the molecule is COc1cc(Cl)cc(C2(C(=O)O)CCCCC2)c1OC1CCCC1. The van der Waals surface area contributed by atoms with E-state index in [1.165, 1.54) is 0 Å². The monoisotopic (exact) mass is 352 g/mol. The molecule has 0 atom stereocenters. The summed E-state index contributed by atoms with van der Waals surface area (Å²) in [5, 5.41) is 10.5. The average molecular weight is 353 g/mol. The minimum absolute atomic E-state index is 0.133. The fourth-order valence-corrected chi connectivity index (χ4v) is 4.33. The Morgan fingerprint density at radius 2 is 1.83 bits per heavy atom. The predicted octanol–water partition coefficient (Wildman–Crippen LogP) is 4.96. The van der Waals surface area contributed by atoms with Crippen molar-refractivity contribution in [1.29, 1.82) is 0 Å². The van der Waals surface area contributed by atoms with Gasteiger partial charge in [0.05, 0.1) is 18.6 Å². The van der Waals surface area contributed by atoms with Crippen LogP contribution in [0.15, 0.2) is 12.1 Å². The Labute approximate surface area is 148 Å². The summed E-state index contributed by atoms with van der Waals surface area (Å²) in [7, 11) is 1.57. The van der Waals surface area contributed by atoms with Crippen molar-refractivity contribution < 1.29 is 19.4 Å². The van der Waals surface area contributed by atoms with Gasteiger partial charge in [0.1, 0.15) is 0 Å². The highest BCUT2D eigenvalue weighted by Gasteiger charge is 2.44. The number of hydrogen-bond donors (Lipinski definition) is 1. The average Bonchev–Trinajstić information content (AvgIpc) is 3.09. The Bertz CT molecular complexity index is 602. The van der Waals surface area contributed by atoms with Crippen LogP contribution in [0, 0.1) is 0 Å². The number of carbonyl (C=O) groups is 1. The van der Waals surface area contributed by atoms with E-state index in [-0.39, 0.29) is 6.10 Å². The lowest BCUT2D eigenvalue weighted by Gasteiger charge is -2.35. The van der Waals surface area contributed by atoms with E-state index in [9.17, 15) is 9.90 Å². The van der Waals surface area contributed by atoms with E-state index >= 15 is 0 Å². The van der Waals surface area contributed by atoms with Gasteiger partial charge in [-0.1, -0.05) is 30.9 Å². The molecular weight excluding hydrogens is 328 g/mol. The van der Waals surface area contributed by atoms with Crippen molar-refractivity contribution in [2.45, 2.75) is 69.3 Å². The third-order valence-corrected chi connectivity index (χ3v) is 5.68. The molecule has 2 fully saturated rings. The number of carboxylic acids is 1. The summed E-state index contributed by atoms with van der Waals surface area (Å²) >= 11 is 6.27. The molecular formula is C19H25ClO4. The molecule has 0 bridgehead atoms. The molecule has 24 heavy (non-hydrogen) atoms. The normalized spacial score (nSPS) is 20.8. The minimum Gasteiger partial charge on any atom is -0.493 e. The van der Waals surface area contributed by atoms with Crippen molar-refractivity contribution in [3.63, 3.8) is 0 Å².